The van der Waals surface area contributed by atoms with Crippen LogP contribution in [0.4, 0.5) is 0 Å². The number of rotatable bonds is 5. The molecule has 0 aliphatic carbocycles. The van der Waals surface area contributed by atoms with Crippen molar-refractivity contribution in [1.82, 2.24) is 15.1 Å². The molecule has 8 heteroatoms. The molecule has 1 aliphatic heterocycles. The highest BCUT2D eigenvalue weighted by Crippen LogP contribution is 2.24. The average molecular weight is 363 g/mol. The summed E-state index contributed by atoms with van der Waals surface area (Å²) in [6, 6.07) is -0.558. The molecule has 1 saturated heterocycles. The zero-order chi connectivity index (χ0) is 17.9. The lowest BCUT2D eigenvalue weighted by atomic mass is 9.96. The van der Waals surface area contributed by atoms with Crippen LogP contribution in [0.25, 0.3) is 0 Å². The fourth-order valence-corrected chi connectivity index (χ4v) is 3.03. The fraction of sp³-hybridized carbons (Fsp3) is 0.812. The van der Waals surface area contributed by atoms with Gasteiger partial charge in [-0.2, -0.15) is 0 Å². The van der Waals surface area contributed by atoms with Crippen LogP contribution >= 0.6 is 12.4 Å². The van der Waals surface area contributed by atoms with Crippen molar-refractivity contribution in [3.63, 3.8) is 0 Å². The molecule has 0 bridgehead atoms. The van der Waals surface area contributed by atoms with Crippen molar-refractivity contribution in [2.24, 2.45) is 11.7 Å². The van der Waals surface area contributed by atoms with Crippen LogP contribution in [0.3, 0.4) is 0 Å². The normalized spacial score (nSPS) is 18.5. The zero-order valence-corrected chi connectivity index (χ0v) is 16.3. The quantitative estimate of drug-likeness (QED) is 0.738. The Kier molecular flexibility index (Phi) is 8.18. The van der Waals surface area contributed by atoms with Gasteiger partial charge in [0.15, 0.2) is 0 Å². The van der Waals surface area contributed by atoms with Crippen molar-refractivity contribution in [3.05, 3.63) is 0 Å². The molecular weight excluding hydrogens is 332 g/mol. The molecule has 0 unspecified atom stereocenters. The topological polar surface area (TPSA) is 95.7 Å². The number of carbonyl (C=O) groups excluding carboxylic acids is 3. The number of piperazine rings is 1. The van der Waals surface area contributed by atoms with Gasteiger partial charge in [0, 0.05) is 12.6 Å². The van der Waals surface area contributed by atoms with Crippen LogP contribution in [0, 0.1) is 5.92 Å². The van der Waals surface area contributed by atoms with Crippen LogP contribution in [0.15, 0.2) is 0 Å². The zero-order valence-electron chi connectivity index (χ0n) is 15.5. The van der Waals surface area contributed by atoms with E-state index < -0.39 is 11.6 Å². The minimum Gasteiger partial charge on any atom is -0.346 e. The van der Waals surface area contributed by atoms with Crippen molar-refractivity contribution in [1.29, 1.82) is 0 Å². The van der Waals surface area contributed by atoms with Crippen molar-refractivity contribution in [2.75, 3.05) is 19.6 Å². The summed E-state index contributed by atoms with van der Waals surface area (Å²) in [7, 11) is 0. The van der Waals surface area contributed by atoms with E-state index in [0.29, 0.717) is 6.54 Å². The molecule has 1 atom stereocenters. The van der Waals surface area contributed by atoms with Crippen LogP contribution in [-0.2, 0) is 14.4 Å². The molecule has 1 aliphatic rings. The highest BCUT2D eigenvalue weighted by atomic mass is 35.5. The molecule has 1 rings (SSSR count). The second-order valence-corrected chi connectivity index (χ2v) is 7.41. The molecule has 140 valence electrons. The number of nitrogens with zero attached hydrogens (tertiary/aromatic N) is 2. The Labute approximate surface area is 150 Å². The molecule has 1 heterocycles. The first-order chi connectivity index (χ1) is 10.5. The van der Waals surface area contributed by atoms with Crippen molar-refractivity contribution >= 4 is 30.1 Å². The molecule has 0 aromatic rings. The van der Waals surface area contributed by atoms with E-state index in [1.807, 2.05) is 46.4 Å². The number of nitrogens with two attached hydrogens (primary N) is 1. The first-order valence-corrected chi connectivity index (χ1v) is 8.10. The number of hydrogen-bond donors (Lipinski definition) is 2. The van der Waals surface area contributed by atoms with Crippen molar-refractivity contribution < 1.29 is 14.4 Å². The summed E-state index contributed by atoms with van der Waals surface area (Å²) in [5, 5.41) is 2.56. The number of halogens is 1. The monoisotopic (exact) mass is 362 g/mol. The van der Waals surface area contributed by atoms with Crippen LogP contribution in [-0.4, -0.2) is 64.8 Å². The first-order valence-electron chi connectivity index (χ1n) is 8.10. The molecule has 24 heavy (non-hydrogen) atoms. The average Bonchev–Trinajstić information content (AvgIpc) is 2.40. The van der Waals surface area contributed by atoms with E-state index in [1.54, 1.807) is 0 Å². The minimum absolute atomic E-state index is 0. The van der Waals surface area contributed by atoms with Crippen molar-refractivity contribution in [2.45, 2.75) is 59.2 Å². The maximum absolute atomic E-state index is 12.3. The smallest absolute Gasteiger partial charge is 0.242 e. The van der Waals surface area contributed by atoms with E-state index in [2.05, 4.69) is 5.32 Å². The third kappa shape index (κ3) is 5.34. The predicted octanol–water partition coefficient (Wildman–Crippen LogP) is 0.366. The van der Waals surface area contributed by atoms with Gasteiger partial charge in [-0.05, 0) is 33.6 Å². The van der Waals surface area contributed by atoms with Crippen molar-refractivity contribution in [3.8, 4) is 0 Å². The number of nitrogens with one attached hydrogen (secondary N) is 1. The van der Waals surface area contributed by atoms with Gasteiger partial charge in [-0.3, -0.25) is 14.4 Å². The SMILES string of the molecule is CC(C)[C@H](N)C(=O)NCC(=O)N1CC(=O)N(C(C)C)C(C)(C)C1.Cl. The molecule has 0 spiro atoms. The second-order valence-electron chi connectivity index (χ2n) is 7.41. The van der Waals surface area contributed by atoms with Gasteiger partial charge in [-0.1, -0.05) is 13.8 Å². The standard InChI is InChI=1S/C16H30N4O3.ClH/c1-10(2)14(17)15(23)18-7-12(21)19-8-13(22)20(11(3)4)16(5,6)9-19;/h10-11,14H,7-9,17H2,1-6H3,(H,18,23);1H/t14-;/m0./s1. The summed E-state index contributed by atoms with van der Waals surface area (Å²) in [4.78, 5) is 39.8. The second kappa shape index (κ2) is 8.67. The summed E-state index contributed by atoms with van der Waals surface area (Å²) in [5.41, 5.74) is 5.31. The number of carbonyl (C=O) groups is 3. The van der Waals surface area contributed by atoms with Gasteiger partial charge >= 0.3 is 0 Å². The Morgan fingerprint density at radius 3 is 2.21 bits per heavy atom. The van der Waals surface area contributed by atoms with Crippen LogP contribution in [0.2, 0.25) is 0 Å². The van der Waals surface area contributed by atoms with Gasteiger partial charge in [0.1, 0.15) is 0 Å². The molecule has 3 N–H and O–H groups in total. The Bertz CT molecular complexity index is 480. The number of amides is 3. The van der Waals surface area contributed by atoms with Crippen LogP contribution < -0.4 is 11.1 Å². The summed E-state index contributed by atoms with van der Waals surface area (Å²) in [6.45, 7) is 11.9. The van der Waals surface area contributed by atoms with E-state index in [9.17, 15) is 14.4 Å². The minimum atomic E-state index is -0.640. The predicted molar refractivity (Wildman–Crippen MR) is 95.7 cm³/mol. The van der Waals surface area contributed by atoms with E-state index in [-0.39, 0.29) is 55.2 Å². The van der Waals surface area contributed by atoms with E-state index in [0.717, 1.165) is 0 Å². The molecular formula is C16H31ClN4O3. The molecule has 0 saturated carbocycles. The van der Waals surface area contributed by atoms with Gasteiger partial charge in [0.2, 0.25) is 17.7 Å². The van der Waals surface area contributed by atoms with Gasteiger partial charge in [-0.15, -0.1) is 12.4 Å². The maximum Gasteiger partial charge on any atom is 0.242 e. The summed E-state index contributed by atoms with van der Waals surface area (Å²) < 4.78 is 0. The molecule has 1 fully saturated rings. The summed E-state index contributed by atoms with van der Waals surface area (Å²) in [6.07, 6.45) is 0. The summed E-state index contributed by atoms with van der Waals surface area (Å²) in [5.74, 6) is -0.686. The molecule has 0 radical (unpaired) electrons. The van der Waals surface area contributed by atoms with Crippen LogP contribution in [0.5, 0.6) is 0 Å². The van der Waals surface area contributed by atoms with Gasteiger partial charge < -0.3 is 20.9 Å². The Morgan fingerprint density at radius 2 is 1.79 bits per heavy atom. The molecule has 0 aromatic carbocycles. The number of hydrogen-bond acceptors (Lipinski definition) is 4. The highest BCUT2D eigenvalue weighted by Gasteiger charge is 2.41. The van der Waals surface area contributed by atoms with E-state index >= 15 is 0 Å². The lowest BCUT2D eigenvalue weighted by Gasteiger charge is -2.48. The highest BCUT2D eigenvalue weighted by molar-refractivity contribution is 5.90. The third-order valence-corrected chi connectivity index (χ3v) is 4.13. The maximum atomic E-state index is 12.3. The lowest BCUT2D eigenvalue weighted by Crippen LogP contribution is -2.65. The third-order valence-electron chi connectivity index (χ3n) is 4.13. The molecule has 0 aromatic heterocycles. The Balaban J connectivity index is 0.00000529. The molecule has 3 amide bonds. The summed E-state index contributed by atoms with van der Waals surface area (Å²) >= 11 is 0. The largest absolute Gasteiger partial charge is 0.346 e. The lowest BCUT2D eigenvalue weighted by molar-refractivity contribution is -0.155. The first kappa shape index (κ1) is 22.7. The van der Waals surface area contributed by atoms with Gasteiger partial charge in [0.05, 0.1) is 24.7 Å². The Morgan fingerprint density at radius 1 is 1.25 bits per heavy atom. The van der Waals surface area contributed by atoms with E-state index in [1.165, 1.54) is 4.90 Å². The van der Waals surface area contributed by atoms with E-state index in [4.69, 9.17) is 5.73 Å². The van der Waals surface area contributed by atoms with Gasteiger partial charge in [0.25, 0.3) is 0 Å². The fourth-order valence-electron chi connectivity index (χ4n) is 3.03. The van der Waals surface area contributed by atoms with Gasteiger partial charge in [-0.25, -0.2) is 0 Å². The van der Waals surface area contributed by atoms with Crippen LogP contribution in [0.1, 0.15) is 41.5 Å². The Hall–Kier alpha value is -1.34. The molecule has 7 nitrogen and oxygen atoms in total.